The molecule has 0 bridgehead atoms. The van der Waals surface area contributed by atoms with E-state index in [1.165, 1.54) is 11.8 Å². The Morgan fingerprint density at radius 3 is 2.86 bits per heavy atom. The zero-order chi connectivity index (χ0) is 15.7. The SMILES string of the molecule is CSc1nc(C(=O)N(C)CC2(O)CCCC2)c2ccccn12. The molecule has 0 radical (unpaired) electrons. The first-order chi connectivity index (χ1) is 10.5. The predicted molar refractivity (Wildman–Crippen MR) is 87.4 cm³/mol. The number of aromatic nitrogens is 2. The molecular formula is C16H21N3O2S. The molecule has 0 spiro atoms. The lowest BCUT2D eigenvalue weighted by molar-refractivity contribution is 0.0155. The molecule has 2 aromatic heterocycles. The predicted octanol–water partition coefficient (Wildman–Crippen LogP) is 2.43. The molecule has 1 fully saturated rings. The van der Waals surface area contributed by atoms with Gasteiger partial charge in [0.25, 0.3) is 5.91 Å². The van der Waals surface area contributed by atoms with Gasteiger partial charge in [0, 0.05) is 19.8 Å². The quantitative estimate of drug-likeness (QED) is 0.880. The average Bonchev–Trinajstić information content (AvgIpc) is 3.10. The number of likely N-dealkylation sites (N-methyl/N-ethyl adjacent to an activating group) is 1. The Morgan fingerprint density at radius 1 is 1.45 bits per heavy atom. The van der Waals surface area contributed by atoms with Gasteiger partial charge in [-0.2, -0.15) is 0 Å². The van der Waals surface area contributed by atoms with Crippen molar-refractivity contribution in [2.75, 3.05) is 19.8 Å². The molecule has 2 aromatic rings. The highest BCUT2D eigenvalue weighted by atomic mass is 32.2. The summed E-state index contributed by atoms with van der Waals surface area (Å²) in [7, 11) is 1.74. The van der Waals surface area contributed by atoms with Crippen LogP contribution >= 0.6 is 11.8 Å². The maximum atomic E-state index is 12.7. The van der Waals surface area contributed by atoms with Gasteiger partial charge < -0.3 is 10.0 Å². The van der Waals surface area contributed by atoms with Gasteiger partial charge in [-0.15, -0.1) is 0 Å². The number of carbonyl (C=O) groups is 1. The number of amides is 1. The molecule has 0 saturated heterocycles. The lowest BCUT2D eigenvalue weighted by atomic mass is 10.0. The monoisotopic (exact) mass is 319 g/mol. The van der Waals surface area contributed by atoms with Crippen molar-refractivity contribution in [2.24, 2.45) is 0 Å². The molecule has 1 amide bonds. The highest BCUT2D eigenvalue weighted by Crippen LogP contribution is 2.30. The second-order valence-corrected chi connectivity index (χ2v) is 6.77. The minimum atomic E-state index is -0.734. The number of thioether (sulfide) groups is 1. The van der Waals surface area contributed by atoms with E-state index in [4.69, 9.17) is 0 Å². The Bertz CT molecular complexity index is 692. The van der Waals surface area contributed by atoms with Crippen LogP contribution in [0.2, 0.25) is 0 Å². The third-order valence-electron chi connectivity index (χ3n) is 4.31. The molecule has 0 unspecified atom stereocenters. The van der Waals surface area contributed by atoms with Crippen molar-refractivity contribution in [2.45, 2.75) is 36.4 Å². The third kappa shape index (κ3) is 2.73. The molecule has 2 heterocycles. The Balaban J connectivity index is 1.88. The van der Waals surface area contributed by atoms with Gasteiger partial charge in [-0.05, 0) is 31.2 Å². The van der Waals surface area contributed by atoms with E-state index in [2.05, 4.69) is 4.98 Å². The van der Waals surface area contributed by atoms with Crippen LogP contribution in [0.4, 0.5) is 0 Å². The fraction of sp³-hybridized carbons (Fsp3) is 0.500. The van der Waals surface area contributed by atoms with Crippen LogP contribution in [0.3, 0.4) is 0 Å². The number of carbonyl (C=O) groups excluding carboxylic acids is 1. The van der Waals surface area contributed by atoms with Gasteiger partial charge in [0.1, 0.15) is 0 Å². The Morgan fingerprint density at radius 2 is 2.18 bits per heavy atom. The lowest BCUT2D eigenvalue weighted by Gasteiger charge is -2.28. The molecule has 118 valence electrons. The summed E-state index contributed by atoms with van der Waals surface area (Å²) >= 11 is 1.51. The van der Waals surface area contributed by atoms with E-state index < -0.39 is 5.60 Å². The summed E-state index contributed by atoms with van der Waals surface area (Å²) in [6.07, 6.45) is 7.46. The molecule has 6 heteroatoms. The fourth-order valence-corrected chi connectivity index (χ4v) is 3.73. The molecule has 3 rings (SSSR count). The van der Waals surface area contributed by atoms with Gasteiger partial charge in [-0.25, -0.2) is 4.98 Å². The Kier molecular flexibility index (Phi) is 4.14. The molecule has 1 saturated carbocycles. The van der Waals surface area contributed by atoms with Crippen LogP contribution in [-0.4, -0.2) is 50.7 Å². The minimum Gasteiger partial charge on any atom is -0.388 e. The molecule has 0 atom stereocenters. The topological polar surface area (TPSA) is 57.8 Å². The van der Waals surface area contributed by atoms with Crippen LogP contribution < -0.4 is 0 Å². The van der Waals surface area contributed by atoms with Crippen LogP contribution in [-0.2, 0) is 0 Å². The molecular weight excluding hydrogens is 298 g/mol. The van der Waals surface area contributed by atoms with Gasteiger partial charge >= 0.3 is 0 Å². The number of hydrogen-bond donors (Lipinski definition) is 1. The van der Waals surface area contributed by atoms with Crippen LogP contribution in [0.1, 0.15) is 36.2 Å². The second-order valence-electron chi connectivity index (χ2n) is 6.00. The summed E-state index contributed by atoms with van der Waals surface area (Å²) in [5.41, 5.74) is 0.526. The average molecular weight is 319 g/mol. The molecule has 1 aliphatic rings. The lowest BCUT2D eigenvalue weighted by Crippen LogP contribution is -2.42. The first-order valence-electron chi connectivity index (χ1n) is 7.53. The number of hydrogen-bond acceptors (Lipinski definition) is 4. The van der Waals surface area contributed by atoms with E-state index in [-0.39, 0.29) is 5.91 Å². The number of rotatable bonds is 4. The van der Waals surface area contributed by atoms with Crippen LogP contribution in [0, 0.1) is 0 Å². The zero-order valence-electron chi connectivity index (χ0n) is 13.0. The molecule has 1 aliphatic carbocycles. The van der Waals surface area contributed by atoms with Crippen molar-refractivity contribution in [1.82, 2.24) is 14.3 Å². The van der Waals surface area contributed by atoms with Crippen molar-refractivity contribution in [3.8, 4) is 0 Å². The Hall–Kier alpha value is -1.53. The van der Waals surface area contributed by atoms with E-state index in [0.717, 1.165) is 36.4 Å². The molecule has 5 nitrogen and oxygen atoms in total. The number of nitrogens with zero attached hydrogens (tertiary/aromatic N) is 3. The number of fused-ring (bicyclic) bond motifs is 1. The van der Waals surface area contributed by atoms with Gasteiger partial charge in [0.15, 0.2) is 10.9 Å². The molecule has 1 N–H and O–H groups in total. The molecule has 22 heavy (non-hydrogen) atoms. The van der Waals surface area contributed by atoms with Crippen molar-refractivity contribution in [3.63, 3.8) is 0 Å². The minimum absolute atomic E-state index is 0.135. The molecule has 0 aromatic carbocycles. The van der Waals surface area contributed by atoms with Gasteiger partial charge in [0.2, 0.25) is 0 Å². The van der Waals surface area contributed by atoms with Crippen molar-refractivity contribution in [1.29, 1.82) is 0 Å². The van der Waals surface area contributed by atoms with E-state index in [0.29, 0.717) is 12.2 Å². The van der Waals surface area contributed by atoms with E-state index in [1.807, 2.05) is 35.1 Å². The number of pyridine rings is 1. The van der Waals surface area contributed by atoms with Crippen LogP contribution in [0.15, 0.2) is 29.6 Å². The largest absolute Gasteiger partial charge is 0.388 e. The van der Waals surface area contributed by atoms with Crippen LogP contribution in [0.25, 0.3) is 5.52 Å². The van der Waals surface area contributed by atoms with Gasteiger partial charge in [0.05, 0.1) is 11.1 Å². The smallest absolute Gasteiger partial charge is 0.274 e. The first-order valence-corrected chi connectivity index (χ1v) is 8.75. The van der Waals surface area contributed by atoms with Gasteiger partial charge in [-0.3, -0.25) is 9.20 Å². The number of aliphatic hydroxyl groups is 1. The summed E-state index contributed by atoms with van der Waals surface area (Å²) in [5, 5.41) is 11.3. The summed E-state index contributed by atoms with van der Waals surface area (Å²) in [5.74, 6) is -0.135. The summed E-state index contributed by atoms with van der Waals surface area (Å²) in [6.45, 7) is 0.367. The van der Waals surface area contributed by atoms with Crippen molar-refractivity contribution in [3.05, 3.63) is 30.1 Å². The highest BCUT2D eigenvalue weighted by Gasteiger charge is 2.34. The molecule has 0 aliphatic heterocycles. The Labute approximate surface area is 134 Å². The highest BCUT2D eigenvalue weighted by molar-refractivity contribution is 7.98. The van der Waals surface area contributed by atoms with Gasteiger partial charge in [-0.1, -0.05) is 30.7 Å². The summed E-state index contributed by atoms with van der Waals surface area (Å²) < 4.78 is 1.93. The fourth-order valence-electron chi connectivity index (χ4n) is 3.20. The summed E-state index contributed by atoms with van der Waals surface area (Å²) in [6, 6.07) is 5.73. The first kappa shape index (κ1) is 15.4. The third-order valence-corrected chi connectivity index (χ3v) is 4.97. The van der Waals surface area contributed by atoms with Crippen molar-refractivity contribution < 1.29 is 9.90 Å². The standard InChI is InChI=1S/C16H21N3O2S/c1-18(11-16(21)8-4-5-9-16)14(20)13-12-7-3-6-10-19(12)15(17-13)22-2/h3,6-7,10,21H,4-5,8-9,11H2,1-2H3. The maximum Gasteiger partial charge on any atom is 0.274 e. The number of imidazole rings is 1. The van der Waals surface area contributed by atoms with Crippen LogP contribution in [0.5, 0.6) is 0 Å². The maximum absolute atomic E-state index is 12.7. The summed E-state index contributed by atoms with van der Waals surface area (Å²) in [4.78, 5) is 18.8. The van der Waals surface area contributed by atoms with E-state index in [9.17, 15) is 9.90 Å². The van der Waals surface area contributed by atoms with Crippen molar-refractivity contribution >= 4 is 23.2 Å². The zero-order valence-corrected chi connectivity index (χ0v) is 13.8. The van der Waals surface area contributed by atoms with E-state index >= 15 is 0 Å². The van der Waals surface area contributed by atoms with E-state index in [1.54, 1.807) is 11.9 Å². The normalized spacial score (nSPS) is 17.0. The second kappa shape index (κ2) is 5.93.